The molecular weight excluding hydrogens is 230 g/mol. The van der Waals surface area contributed by atoms with E-state index in [1.165, 1.54) is 12.8 Å². The van der Waals surface area contributed by atoms with Crippen molar-refractivity contribution in [1.82, 2.24) is 4.90 Å². The van der Waals surface area contributed by atoms with Crippen molar-refractivity contribution in [3.05, 3.63) is 0 Å². The zero-order valence-electron chi connectivity index (χ0n) is 11.7. The van der Waals surface area contributed by atoms with Gasteiger partial charge in [0.1, 0.15) is 0 Å². The van der Waals surface area contributed by atoms with Crippen LogP contribution >= 0.6 is 0 Å². The van der Waals surface area contributed by atoms with Gasteiger partial charge in [0.05, 0.1) is 6.42 Å². The van der Waals surface area contributed by atoms with Crippen molar-refractivity contribution in [3.8, 4) is 0 Å². The van der Waals surface area contributed by atoms with E-state index >= 15 is 0 Å². The van der Waals surface area contributed by atoms with E-state index < -0.39 is 11.4 Å². The van der Waals surface area contributed by atoms with E-state index in [-0.39, 0.29) is 12.3 Å². The van der Waals surface area contributed by atoms with Gasteiger partial charge >= 0.3 is 5.97 Å². The Bertz CT molecular complexity index is 308. The molecule has 104 valence electrons. The summed E-state index contributed by atoms with van der Waals surface area (Å²) in [5.74, 6) is -0.0462. The van der Waals surface area contributed by atoms with Crippen LogP contribution in [-0.2, 0) is 9.59 Å². The number of hydrogen-bond acceptors (Lipinski definition) is 2. The molecule has 0 bridgehead atoms. The number of rotatable bonds is 8. The van der Waals surface area contributed by atoms with Crippen LogP contribution in [0.15, 0.2) is 0 Å². The van der Waals surface area contributed by atoms with Gasteiger partial charge in [-0.1, -0.05) is 20.8 Å². The molecule has 0 heterocycles. The number of aliphatic carboxylic acids is 1. The molecule has 1 amide bonds. The molecule has 0 unspecified atom stereocenters. The molecule has 1 aliphatic carbocycles. The second-order valence-corrected chi connectivity index (χ2v) is 6.19. The normalized spacial score (nSPS) is 15.5. The Hall–Kier alpha value is -1.06. The zero-order chi connectivity index (χ0) is 13.8. The summed E-state index contributed by atoms with van der Waals surface area (Å²) in [6.07, 6.45) is 3.78. The van der Waals surface area contributed by atoms with Crippen LogP contribution < -0.4 is 0 Å². The molecule has 4 nitrogen and oxygen atoms in total. The number of carboxylic acid groups (broad SMARTS) is 1. The van der Waals surface area contributed by atoms with Crippen LogP contribution in [-0.4, -0.2) is 35.0 Å². The maximum atomic E-state index is 12.2. The Morgan fingerprint density at radius 1 is 1.28 bits per heavy atom. The van der Waals surface area contributed by atoms with Crippen LogP contribution in [0, 0.1) is 11.3 Å². The van der Waals surface area contributed by atoms with Crippen molar-refractivity contribution in [1.29, 1.82) is 0 Å². The predicted molar refractivity (Wildman–Crippen MR) is 70.2 cm³/mol. The Morgan fingerprint density at radius 3 is 2.33 bits per heavy atom. The number of carbonyl (C=O) groups excluding carboxylic acids is 1. The molecule has 1 saturated carbocycles. The van der Waals surface area contributed by atoms with E-state index in [1.54, 1.807) is 0 Å². The molecule has 0 aromatic carbocycles. The summed E-state index contributed by atoms with van der Waals surface area (Å²) >= 11 is 0. The van der Waals surface area contributed by atoms with Gasteiger partial charge in [-0.25, -0.2) is 0 Å². The minimum atomic E-state index is -0.836. The average Bonchev–Trinajstić information content (AvgIpc) is 2.97. The smallest absolute Gasteiger partial charge is 0.303 e. The molecule has 1 aliphatic rings. The highest BCUT2D eigenvalue weighted by atomic mass is 16.4. The number of hydrogen-bond donors (Lipinski definition) is 1. The minimum Gasteiger partial charge on any atom is -0.481 e. The summed E-state index contributed by atoms with van der Waals surface area (Å²) in [6.45, 7) is 7.41. The van der Waals surface area contributed by atoms with Crippen molar-refractivity contribution >= 4 is 11.9 Å². The number of nitrogens with zero attached hydrogens (tertiary/aromatic N) is 1. The summed E-state index contributed by atoms with van der Waals surface area (Å²) in [4.78, 5) is 24.9. The van der Waals surface area contributed by atoms with Gasteiger partial charge in [0.25, 0.3) is 0 Å². The molecule has 0 radical (unpaired) electrons. The van der Waals surface area contributed by atoms with Crippen molar-refractivity contribution < 1.29 is 14.7 Å². The Balaban J connectivity index is 2.50. The third-order valence-electron chi connectivity index (χ3n) is 3.28. The molecule has 0 saturated heterocycles. The highest BCUT2D eigenvalue weighted by Crippen LogP contribution is 2.31. The first kappa shape index (κ1) is 15.0. The minimum absolute atomic E-state index is 0.0438. The van der Waals surface area contributed by atoms with E-state index in [0.717, 1.165) is 19.5 Å². The summed E-state index contributed by atoms with van der Waals surface area (Å²) in [5.41, 5.74) is -0.460. The predicted octanol–water partition coefficient (Wildman–Crippen LogP) is 2.53. The molecule has 0 aromatic heterocycles. The van der Waals surface area contributed by atoms with Crippen LogP contribution in [0.2, 0.25) is 0 Å². The van der Waals surface area contributed by atoms with Gasteiger partial charge < -0.3 is 10.0 Å². The van der Waals surface area contributed by atoms with Gasteiger partial charge in [-0.3, -0.25) is 9.59 Å². The van der Waals surface area contributed by atoms with E-state index in [9.17, 15) is 9.59 Å². The van der Waals surface area contributed by atoms with Crippen LogP contribution in [0.1, 0.15) is 52.9 Å². The molecular formula is C14H25NO3. The fourth-order valence-electron chi connectivity index (χ4n) is 2.19. The summed E-state index contributed by atoms with van der Waals surface area (Å²) in [5, 5.41) is 8.83. The lowest BCUT2D eigenvalue weighted by molar-refractivity contribution is -0.140. The Labute approximate surface area is 109 Å². The molecule has 0 spiro atoms. The summed E-state index contributed by atoms with van der Waals surface area (Å²) < 4.78 is 0. The fourth-order valence-corrected chi connectivity index (χ4v) is 2.19. The average molecular weight is 255 g/mol. The van der Waals surface area contributed by atoms with Crippen LogP contribution in [0.3, 0.4) is 0 Å². The molecule has 0 aliphatic heterocycles. The highest BCUT2D eigenvalue weighted by molar-refractivity contribution is 5.78. The highest BCUT2D eigenvalue weighted by Gasteiger charge is 2.30. The topological polar surface area (TPSA) is 57.6 Å². The summed E-state index contributed by atoms with van der Waals surface area (Å²) in [6, 6.07) is 0. The van der Waals surface area contributed by atoms with Crippen molar-refractivity contribution in [3.63, 3.8) is 0 Å². The SMILES string of the molecule is CCCN(CC1CC1)C(=O)CC(C)(C)CC(=O)O. The molecule has 4 heteroatoms. The number of carbonyl (C=O) groups is 2. The molecule has 1 rings (SSSR count). The quantitative estimate of drug-likeness (QED) is 0.725. The van der Waals surface area contributed by atoms with Gasteiger partial charge in [-0.05, 0) is 30.6 Å². The van der Waals surface area contributed by atoms with Gasteiger partial charge in [-0.15, -0.1) is 0 Å². The first-order valence-electron chi connectivity index (χ1n) is 6.83. The summed E-state index contributed by atoms with van der Waals surface area (Å²) in [7, 11) is 0. The molecule has 0 atom stereocenters. The van der Waals surface area contributed by atoms with Gasteiger partial charge in [-0.2, -0.15) is 0 Å². The second kappa shape index (κ2) is 6.21. The Morgan fingerprint density at radius 2 is 1.89 bits per heavy atom. The lowest BCUT2D eigenvalue weighted by Gasteiger charge is -2.28. The van der Waals surface area contributed by atoms with Crippen molar-refractivity contribution in [2.24, 2.45) is 11.3 Å². The third kappa shape index (κ3) is 5.52. The largest absolute Gasteiger partial charge is 0.481 e. The maximum absolute atomic E-state index is 12.2. The van der Waals surface area contributed by atoms with Crippen LogP contribution in [0.4, 0.5) is 0 Å². The molecule has 1 N–H and O–H groups in total. The first-order valence-corrected chi connectivity index (χ1v) is 6.83. The number of amides is 1. The Kier molecular flexibility index (Phi) is 5.17. The van der Waals surface area contributed by atoms with Gasteiger partial charge in [0.2, 0.25) is 5.91 Å². The van der Waals surface area contributed by atoms with Gasteiger partial charge in [0, 0.05) is 19.5 Å². The maximum Gasteiger partial charge on any atom is 0.303 e. The van der Waals surface area contributed by atoms with Crippen LogP contribution in [0.5, 0.6) is 0 Å². The van der Waals surface area contributed by atoms with E-state index in [1.807, 2.05) is 18.7 Å². The van der Waals surface area contributed by atoms with Crippen molar-refractivity contribution in [2.45, 2.75) is 52.9 Å². The first-order chi connectivity index (χ1) is 8.34. The second-order valence-electron chi connectivity index (χ2n) is 6.19. The van der Waals surface area contributed by atoms with E-state index in [4.69, 9.17) is 5.11 Å². The monoisotopic (exact) mass is 255 g/mol. The number of carboxylic acids is 1. The fraction of sp³-hybridized carbons (Fsp3) is 0.857. The van der Waals surface area contributed by atoms with E-state index in [2.05, 4.69) is 6.92 Å². The van der Waals surface area contributed by atoms with Gasteiger partial charge in [0.15, 0.2) is 0 Å². The molecule has 1 fully saturated rings. The zero-order valence-corrected chi connectivity index (χ0v) is 11.7. The lowest BCUT2D eigenvalue weighted by atomic mass is 9.85. The molecule has 0 aromatic rings. The van der Waals surface area contributed by atoms with Crippen molar-refractivity contribution in [2.75, 3.05) is 13.1 Å². The molecule has 18 heavy (non-hydrogen) atoms. The lowest BCUT2D eigenvalue weighted by Crippen LogP contribution is -2.36. The van der Waals surface area contributed by atoms with E-state index in [0.29, 0.717) is 12.3 Å². The van der Waals surface area contributed by atoms with Crippen LogP contribution in [0.25, 0.3) is 0 Å². The third-order valence-corrected chi connectivity index (χ3v) is 3.28. The standard InChI is InChI=1S/C14H25NO3/c1-4-7-15(10-11-5-6-11)12(16)8-14(2,3)9-13(17)18/h11H,4-10H2,1-3H3,(H,17,18).